The number of phenols is 1. The summed E-state index contributed by atoms with van der Waals surface area (Å²) in [6, 6.07) is 34.9. The Bertz CT molecular complexity index is 3210. The zero-order valence-corrected chi connectivity index (χ0v) is 36.3. The van der Waals surface area contributed by atoms with E-state index < -0.39 is 36.6 Å². The normalized spacial score (nSPS) is 14.2. The van der Waals surface area contributed by atoms with Crippen molar-refractivity contribution in [2.75, 3.05) is 0 Å². The van der Waals surface area contributed by atoms with Crippen molar-refractivity contribution in [2.45, 2.75) is 92.3 Å². The van der Waals surface area contributed by atoms with Crippen LogP contribution in [0.2, 0.25) is 0 Å². The van der Waals surface area contributed by atoms with Gasteiger partial charge >= 0.3 is 0 Å². The van der Waals surface area contributed by atoms with Gasteiger partial charge in [0.15, 0.2) is 0 Å². The summed E-state index contributed by atoms with van der Waals surface area (Å²) in [5.74, 6) is 0.780. The molecule has 8 rings (SSSR count). The van der Waals surface area contributed by atoms with Crippen molar-refractivity contribution in [1.82, 2.24) is 14.5 Å². The van der Waals surface area contributed by atoms with E-state index in [0.717, 1.165) is 61.2 Å². The summed E-state index contributed by atoms with van der Waals surface area (Å²) in [5, 5.41) is 12.3. The maximum absolute atomic E-state index is 12.3. The fourth-order valence-corrected chi connectivity index (χ4v) is 7.89. The smallest absolute Gasteiger partial charge is 0.149 e. The molecule has 0 saturated heterocycles. The summed E-state index contributed by atoms with van der Waals surface area (Å²) in [5.41, 5.74) is 11.2. The van der Waals surface area contributed by atoms with Gasteiger partial charge < -0.3 is 5.11 Å². The van der Waals surface area contributed by atoms with Crippen LogP contribution in [-0.2, 0) is 16.2 Å². The Labute approximate surface area is 366 Å². The van der Waals surface area contributed by atoms with Crippen molar-refractivity contribution >= 4 is 11.0 Å². The fraction of sp³-hybridized carbons (Fsp3) is 0.250. The van der Waals surface area contributed by atoms with E-state index in [1.165, 1.54) is 5.56 Å². The molecular formula is C56H57N3O. The minimum atomic E-state index is -2.82. The molecule has 0 aliphatic heterocycles. The first-order valence-electron chi connectivity index (χ1n) is 24.1. The van der Waals surface area contributed by atoms with E-state index in [1.807, 2.05) is 43.3 Å². The summed E-state index contributed by atoms with van der Waals surface area (Å²) >= 11 is 0. The molecule has 0 amide bonds. The monoisotopic (exact) mass is 794 g/mol. The van der Waals surface area contributed by atoms with Gasteiger partial charge in [-0.15, -0.1) is 0 Å². The van der Waals surface area contributed by atoms with Gasteiger partial charge in [0.2, 0.25) is 0 Å². The third kappa shape index (κ3) is 7.79. The molecule has 4 nitrogen and oxygen atoms in total. The topological polar surface area (TPSA) is 50.9 Å². The molecule has 60 heavy (non-hydrogen) atoms. The van der Waals surface area contributed by atoms with Crippen LogP contribution in [0.15, 0.2) is 140 Å². The van der Waals surface area contributed by atoms with Gasteiger partial charge in [-0.2, -0.15) is 0 Å². The number of imidazole rings is 1. The van der Waals surface area contributed by atoms with Crippen LogP contribution in [0.1, 0.15) is 99.7 Å². The van der Waals surface area contributed by atoms with Crippen LogP contribution < -0.4 is 0 Å². The molecule has 2 aromatic heterocycles. The predicted molar refractivity (Wildman–Crippen MR) is 253 cm³/mol. The number of benzene rings is 6. The van der Waals surface area contributed by atoms with Crippen molar-refractivity contribution in [2.24, 2.45) is 0 Å². The molecule has 1 N–H and O–H groups in total. The zero-order chi connectivity index (χ0) is 48.7. The molecule has 0 fully saturated rings. The number of aromatic nitrogens is 3. The Hall–Kier alpha value is -6.26. The van der Waals surface area contributed by atoms with E-state index in [1.54, 1.807) is 18.3 Å². The third-order valence-corrected chi connectivity index (χ3v) is 11.3. The Kier molecular flexibility index (Phi) is 8.19. The lowest BCUT2D eigenvalue weighted by Crippen LogP contribution is -2.13. The van der Waals surface area contributed by atoms with Crippen LogP contribution in [0, 0.1) is 13.8 Å². The fourth-order valence-electron chi connectivity index (χ4n) is 7.89. The van der Waals surface area contributed by atoms with E-state index in [9.17, 15) is 5.11 Å². The zero-order valence-electron chi connectivity index (χ0n) is 43.3. The number of fused-ring (bicyclic) bond motifs is 1. The first kappa shape index (κ1) is 32.6. The number of nitrogens with zero attached hydrogens (tertiary/aromatic N) is 3. The number of hydrogen-bond acceptors (Lipinski definition) is 3. The molecule has 0 atom stereocenters. The maximum atomic E-state index is 12.3. The molecule has 0 spiro atoms. The highest BCUT2D eigenvalue weighted by molar-refractivity contribution is 5.98. The Morgan fingerprint density at radius 2 is 1.28 bits per heavy atom. The van der Waals surface area contributed by atoms with Gasteiger partial charge in [-0.25, -0.2) is 4.98 Å². The van der Waals surface area contributed by atoms with Crippen LogP contribution >= 0.6 is 0 Å². The largest absolute Gasteiger partial charge is 0.507 e. The Morgan fingerprint density at radius 3 is 1.97 bits per heavy atom. The first-order chi connectivity index (χ1) is 31.3. The van der Waals surface area contributed by atoms with E-state index in [0.29, 0.717) is 22.6 Å². The predicted octanol–water partition coefficient (Wildman–Crippen LogP) is 15.0. The van der Waals surface area contributed by atoms with E-state index in [2.05, 4.69) is 128 Å². The van der Waals surface area contributed by atoms with Crippen molar-refractivity contribution in [3.8, 4) is 67.5 Å². The molecule has 0 aliphatic rings. The average molecular weight is 795 g/mol. The molecule has 0 bridgehead atoms. The highest BCUT2D eigenvalue weighted by Gasteiger charge is 2.28. The van der Waals surface area contributed by atoms with Gasteiger partial charge in [0.1, 0.15) is 11.6 Å². The minimum absolute atomic E-state index is 0.00103. The molecule has 0 saturated carbocycles. The number of phenolic OH excluding ortho intramolecular Hbond substituents is 1. The van der Waals surface area contributed by atoms with Crippen LogP contribution in [0.3, 0.4) is 0 Å². The lowest BCUT2D eigenvalue weighted by Gasteiger charge is -2.24. The maximum Gasteiger partial charge on any atom is 0.149 e. The molecule has 0 radical (unpaired) electrons. The van der Waals surface area contributed by atoms with E-state index in [-0.39, 0.29) is 27.6 Å². The highest BCUT2D eigenvalue weighted by atomic mass is 16.3. The summed E-state index contributed by atoms with van der Waals surface area (Å²) < 4.78 is 60.7. The van der Waals surface area contributed by atoms with Crippen molar-refractivity contribution in [3.63, 3.8) is 0 Å². The quantitative estimate of drug-likeness (QED) is 0.182. The SMILES string of the molecule is [2H]c1c([2H])c(C([2H])([2H])[2H])c([2H])c([2H])c1-c1ccnc(-c2cc(-c3cccc4c3nc(-c3cc(C)cc(C(C)(C)C)c3O)n4-c3ccc(C(C)(C)C)cc3-c3ccccc3)cc(C(C)(C)C)c2)c1. The number of hydrogen-bond donors (Lipinski definition) is 1. The first-order valence-corrected chi connectivity index (χ1v) is 20.6. The average Bonchev–Trinajstić information content (AvgIpc) is 3.64. The van der Waals surface area contributed by atoms with E-state index >= 15 is 0 Å². The number of rotatable bonds is 6. The lowest BCUT2D eigenvalue weighted by atomic mass is 9.83. The Morgan fingerprint density at radius 1 is 0.567 bits per heavy atom. The Balaban J connectivity index is 1.42. The molecule has 302 valence electrons. The van der Waals surface area contributed by atoms with Crippen molar-refractivity contribution in [1.29, 1.82) is 0 Å². The van der Waals surface area contributed by atoms with Crippen LogP contribution in [-0.4, -0.2) is 19.6 Å². The summed E-state index contributed by atoms with van der Waals surface area (Å²) in [6.45, 7) is 18.6. The summed E-state index contributed by atoms with van der Waals surface area (Å²) in [6.07, 6.45) is 1.57. The van der Waals surface area contributed by atoms with Crippen LogP contribution in [0.25, 0.3) is 72.7 Å². The number of pyridine rings is 1. The molecule has 8 aromatic rings. The van der Waals surface area contributed by atoms with Crippen LogP contribution in [0.5, 0.6) is 5.75 Å². The molecule has 2 heterocycles. The van der Waals surface area contributed by atoms with Crippen molar-refractivity contribution in [3.05, 3.63) is 167 Å². The molecule has 0 aliphatic carbocycles. The molecule has 6 aromatic carbocycles. The standard InChI is InChI=1S/C56H57N3O/c1-35-20-22-37(23-21-35)39-26-27-57-48(33-39)41-30-40(31-43(32-41)55(6,7)8)44-18-15-19-50-51(44)58-53(46-28-36(2)29-47(52(46)60)56(9,10)11)59(50)49-25-24-42(54(3,4)5)34-45(49)38-16-13-12-14-17-38/h12-34,60H,1-11H3/i1D3,20D,21D,22D,23D. The van der Waals surface area contributed by atoms with Crippen LogP contribution in [0.4, 0.5) is 0 Å². The molecular weight excluding hydrogens is 731 g/mol. The summed E-state index contributed by atoms with van der Waals surface area (Å²) in [7, 11) is 0. The van der Waals surface area contributed by atoms with Gasteiger partial charge in [-0.3, -0.25) is 9.55 Å². The van der Waals surface area contributed by atoms with Gasteiger partial charge in [0.25, 0.3) is 0 Å². The van der Waals surface area contributed by atoms with Gasteiger partial charge in [0.05, 0.1) is 33.5 Å². The second-order valence-corrected chi connectivity index (χ2v) is 19.0. The summed E-state index contributed by atoms with van der Waals surface area (Å²) in [4.78, 5) is 10.3. The molecule has 0 unspecified atom stereocenters. The second kappa shape index (κ2) is 15.1. The van der Waals surface area contributed by atoms with Gasteiger partial charge in [-0.1, -0.05) is 153 Å². The molecule has 4 heteroatoms. The third-order valence-electron chi connectivity index (χ3n) is 11.3. The number of aromatic hydroxyl groups is 1. The number of para-hydroxylation sites is 1. The highest BCUT2D eigenvalue weighted by Crippen LogP contribution is 2.45. The van der Waals surface area contributed by atoms with Gasteiger partial charge in [-0.05, 0) is 117 Å². The minimum Gasteiger partial charge on any atom is -0.507 e. The van der Waals surface area contributed by atoms with E-state index in [4.69, 9.17) is 19.6 Å². The van der Waals surface area contributed by atoms with Crippen molar-refractivity contribution < 1.29 is 14.7 Å². The number of aryl methyl sites for hydroxylation is 1. The lowest BCUT2D eigenvalue weighted by molar-refractivity contribution is 0.448. The van der Waals surface area contributed by atoms with Gasteiger partial charge in [0, 0.05) is 32.6 Å². The second-order valence-electron chi connectivity index (χ2n) is 19.0.